The predicted molar refractivity (Wildman–Crippen MR) is 108 cm³/mol. The number of rotatable bonds is 4. The Balaban J connectivity index is 1.74. The third kappa shape index (κ3) is 3.89. The summed E-state index contributed by atoms with van der Waals surface area (Å²) in [4.78, 5) is 24.7. The Labute approximate surface area is 176 Å². The third-order valence-electron chi connectivity index (χ3n) is 5.35. The van der Waals surface area contributed by atoms with Gasteiger partial charge in [0.25, 0.3) is 0 Å². The van der Waals surface area contributed by atoms with Crippen molar-refractivity contribution in [2.75, 3.05) is 42.5 Å². The van der Waals surface area contributed by atoms with Crippen molar-refractivity contribution in [1.82, 2.24) is 15.3 Å². The number of nitrogens with zero attached hydrogens (tertiary/aromatic N) is 4. The Morgan fingerprint density at radius 3 is 2.70 bits per heavy atom. The molecule has 0 saturated carbocycles. The summed E-state index contributed by atoms with van der Waals surface area (Å²) in [6, 6.07) is 3.18. The largest absolute Gasteiger partial charge is 0.417 e. The van der Waals surface area contributed by atoms with Gasteiger partial charge in [-0.3, -0.25) is 4.90 Å². The fourth-order valence-corrected chi connectivity index (χ4v) is 4.02. The van der Waals surface area contributed by atoms with Gasteiger partial charge < -0.3 is 16.0 Å². The lowest BCUT2D eigenvalue weighted by Crippen LogP contribution is -2.31. The highest BCUT2D eigenvalue weighted by molar-refractivity contribution is 6.31. The first-order valence-corrected chi connectivity index (χ1v) is 9.90. The summed E-state index contributed by atoms with van der Waals surface area (Å²) in [6.07, 6.45) is -2.11. The van der Waals surface area contributed by atoms with Gasteiger partial charge in [-0.2, -0.15) is 13.2 Å². The van der Waals surface area contributed by atoms with E-state index in [4.69, 9.17) is 17.3 Å². The molecular weight excluding hydrogens is 421 g/mol. The average Bonchev–Trinajstić information content (AvgIpc) is 3.35. The number of nitrogens with one attached hydrogen (secondary N) is 1. The van der Waals surface area contributed by atoms with E-state index in [1.165, 1.54) is 18.3 Å². The molecule has 7 nitrogen and oxygen atoms in total. The van der Waals surface area contributed by atoms with E-state index in [1.54, 1.807) is 4.90 Å². The first-order valence-electron chi connectivity index (χ1n) is 9.52. The molecule has 2 aliphatic heterocycles. The summed E-state index contributed by atoms with van der Waals surface area (Å²) in [5, 5.41) is 2.33. The highest BCUT2D eigenvalue weighted by atomic mass is 35.5. The quantitative estimate of drug-likeness (QED) is 0.762. The molecule has 1 aromatic carbocycles. The maximum absolute atomic E-state index is 13.0. The van der Waals surface area contributed by atoms with Crippen molar-refractivity contribution in [1.29, 1.82) is 0 Å². The second kappa shape index (κ2) is 7.92. The molecular formula is C19H20ClF3N6O. The molecule has 2 aromatic rings. The SMILES string of the molecule is NCC1CCN(c2nc(-c3ccc(C(F)(F)F)c(Cl)c3)ncc2N2CCNC2=O)C1. The van der Waals surface area contributed by atoms with E-state index in [0.29, 0.717) is 55.7 Å². The predicted octanol–water partition coefficient (Wildman–Crippen LogP) is 3.13. The number of carbonyl (C=O) groups excluding carboxylic acids is 1. The topological polar surface area (TPSA) is 87.4 Å². The van der Waals surface area contributed by atoms with Gasteiger partial charge in [-0.25, -0.2) is 14.8 Å². The first-order chi connectivity index (χ1) is 14.3. The van der Waals surface area contributed by atoms with Crippen LogP contribution in [0.3, 0.4) is 0 Å². The number of halogens is 4. The fraction of sp³-hybridized carbons (Fsp3) is 0.421. The minimum atomic E-state index is -4.54. The summed E-state index contributed by atoms with van der Waals surface area (Å²) in [5.41, 5.74) is 5.81. The minimum Gasteiger partial charge on any atom is -0.354 e. The second-order valence-electron chi connectivity index (χ2n) is 7.31. The zero-order chi connectivity index (χ0) is 21.5. The molecule has 1 atom stereocenters. The molecule has 1 unspecified atom stereocenters. The Kier molecular flexibility index (Phi) is 5.46. The summed E-state index contributed by atoms with van der Waals surface area (Å²) < 4.78 is 39.0. The van der Waals surface area contributed by atoms with Gasteiger partial charge in [0.15, 0.2) is 11.6 Å². The number of benzene rings is 1. The van der Waals surface area contributed by atoms with Crippen molar-refractivity contribution in [2.24, 2.45) is 11.7 Å². The second-order valence-corrected chi connectivity index (χ2v) is 7.72. The Morgan fingerprint density at radius 2 is 2.10 bits per heavy atom. The van der Waals surface area contributed by atoms with Crippen LogP contribution in [0.15, 0.2) is 24.4 Å². The Hall–Kier alpha value is -2.59. The number of anilines is 2. The van der Waals surface area contributed by atoms with Gasteiger partial charge >= 0.3 is 12.2 Å². The Morgan fingerprint density at radius 1 is 1.30 bits per heavy atom. The molecule has 0 spiro atoms. The van der Waals surface area contributed by atoms with E-state index in [-0.39, 0.29) is 11.9 Å². The van der Waals surface area contributed by atoms with Gasteiger partial charge in [-0.05, 0) is 31.0 Å². The van der Waals surface area contributed by atoms with Gasteiger partial charge in [-0.1, -0.05) is 17.7 Å². The fourth-order valence-electron chi connectivity index (χ4n) is 3.73. The minimum absolute atomic E-state index is 0.236. The van der Waals surface area contributed by atoms with Crippen LogP contribution in [0.1, 0.15) is 12.0 Å². The van der Waals surface area contributed by atoms with Crippen LogP contribution >= 0.6 is 11.6 Å². The van der Waals surface area contributed by atoms with E-state index >= 15 is 0 Å². The highest BCUT2D eigenvalue weighted by Crippen LogP contribution is 2.38. The third-order valence-corrected chi connectivity index (χ3v) is 5.66. The number of carbonyl (C=O) groups is 1. The lowest BCUT2D eigenvalue weighted by atomic mass is 10.1. The smallest absolute Gasteiger partial charge is 0.354 e. The zero-order valence-electron chi connectivity index (χ0n) is 15.9. The summed E-state index contributed by atoms with van der Waals surface area (Å²) in [5.74, 6) is 1.10. The van der Waals surface area contributed by atoms with Crippen LogP contribution in [0.2, 0.25) is 5.02 Å². The molecule has 1 aromatic heterocycles. The normalized spacial score (nSPS) is 19.5. The monoisotopic (exact) mass is 440 g/mol. The molecule has 2 saturated heterocycles. The molecule has 2 amide bonds. The molecule has 0 aliphatic carbocycles. The molecule has 2 aliphatic rings. The highest BCUT2D eigenvalue weighted by Gasteiger charge is 2.34. The average molecular weight is 441 g/mol. The molecule has 0 radical (unpaired) electrons. The maximum Gasteiger partial charge on any atom is 0.417 e. The van der Waals surface area contributed by atoms with Crippen LogP contribution in [0.5, 0.6) is 0 Å². The van der Waals surface area contributed by atoms with Crippen molar-refractivity contribution in [3.63, 3.8) is 0 Å². The first kappa shape index (κ1) is 20.7. The van der Waals surface area contributed by atoms with Crippen LogP contribution < -0.4 is 20.9 Å². The van der Waals surface area contributed by atoms with Crippen molar-refractivity contribution < 1.29 is 18.0 Å². The number of hydrogen-bond acceptors (Lipinski definition) is 5. The summed E-state index contributed by atoms with van der Waals surface area (Å²) >= 11 is 5.86. The molecule has 0 bridgehead atoms. The Bertz CT molecular complexity index is 970. The zero-order valence-corrected chi connectivity index (χ0v) is 16.7. The number of alkyl halides is 3. The van der Waals surface area contributed by atoms with E-state index in [1.807, 2.05) is 4.90 Å². The number of hydrogen-bond donors (Lipinski definition) is 2. The summed E-state index contributed by atoms with van der Waals surface area (Å²) in [6.45, 7) is 2.94. The van der Waals surface area contributed by atoms with Crippen molar-refractivity contribution >= 4 is 29.1 Å². The number of aromatic nitrogens is 2. The van der Waals surface area contributed by atoms with Crippen molar-refractivity contribution in [2.45, 2.75) is 12.6 Å². The summed E-state index contributed by atoms with van der Waals surface area (Å²) in [7, 11) is 0. The van der Waals surface area contributed by atoms with E-state index in [9.17, 15) is 18.0 Å². The lowest BCUT2D eigenvalue weighted by Gasteiger charge is -2.25. The molecule has 3 N–H and O–H groups in total. The van der Waals surface area contributed by atoms with Crippen molar-refractivity contribution in [3.8, 4) is 11.4 Å². The van der Waals surface area contributed by atoms with E-state index < -0.39 is 16.8 Å². The van der Waals surface area contributed by atoms with Crippen LogP contribution in [0, 0.1) is 5.92 Å². The number of amides is 2. The van der Waals surface area contributed by atoms with Gasteiger partial charge in [0.05, 0.1) is 16.8 Å². The molecule has 11 heteroatoms. The number of nitrogens with two attached hydrogens (primary N) is 1. The van der Waals surface area contributed by atoms with E-state index in [0.717, 1.165) is 12.5 Å². The molecule has 30 heavy (non-hydrogen) atoms. The van der Waals surface area contributed by atoms with Crippen molar-refractivity contribution in [3.05, 3.63) is 35.0 Å². The van der Waals surface area contributed by atoms with Gasteiger partial charge in [0, 0.05) is 31.7 Å². The van der Waals surface area contributed by atoms with Crippen LogP contribution in [0.25, 0.3) is 11.4 Å². The van der Waals surface area contributed by atoms with Crippen LogP contribution in [-0.4, -0.2) is 48.7 Å². The van der Waals surface area contributed by atoms with Crippen LogP contribution in [-0.2, 0) is 6.18 Å². The lowest BCUT2D eigenvalue weighted by molar-refractivity contribution is -0.137. The van der Waals surface area contributed by atoms with Crippen LogP contribution in [0.4, 0.5) is 29.5 Å². The molecule has 160 valence electrons. The van der Waals surface area contributed by atoms with Gasteiger partial charge in [0.1, 0.15) is 5.69 Å². The maximum atomic E-state index is 13.0. The standard InChI is InChI=1S/C19H20ClF3N6O/c20-14-7-12(1-2-13(14)19(21,22)23)16-26-9-15(29-6-4-25-18(29)30)17(27-16)28-5-3-11(8-24)10-28/h1-2,7,9,11H,3-6,8,10,24H2,(H,25,30). The molecule has 2 fully saturated rings. The number of urea groups is 1. The molecule has 3 heterocycles. The van der Waals surface area contributed by atoms with Gasteiger partial charge in [0.2, 0.25) is 0 Å². The van der Waals surface area contributed by atoms with Gasteiger partial charge in [-0.15, -0.1) is 0 Å². The van der Waals surface area contributed by atoms with E-state index in [2.05, 4.69) is 15.3 Å². The molecule has 4 rings (SSSR count).